The Balaban J connectivity index is 1.47. The van der Waals surface area contributed by atoms with E-state index in [0.29, 0.717) is 24.8 Å². The predicted molar refractivity (Wildman–Crippen MR) is 113 cm³/mol. The van der Waals surface area contributed by atoms with Crippen LogP contribution in [0.4, 0.5) is 13.2 Å². The van der Waals surface area contributed by atoms with Gasteiger partial charge in [-0.05, 0) is 80.5 Å². The van der Waals surface area contributed by atoms with Crippen LogP contribution in [-0.4, -0.2) is 10.8 Å². The number of pyridine rings is 1. The summed E-state index contributed by atoms with van der Waals surface area (Å²) in [6.45, 7) is 1.92. The molecule has 1 heterocycles. The topological polar surface area (TPSA) is 30.0 Å². The van der Waals surface area contributed by atoms with Crippen molar-refractivity contribution < 1.29 is 18.0 Å². The van der Waals surface area contributed by atoms with Crippen molar-refractivity contribution in [2.24, 2.45) is 0 Å². The van der Waals surface area contributed by atoms with Gasteiger partial charge in [0.1, 0.15) is 5.78 Å². The molecule has 1 aliphatic rings. The molecule has 0 saturated heterocycles. The molecule has 30 heavy (non-hydrogen) atoms. The van der Waals surface area contributed by atoms with E-state index in [2.05, 4.69) is 12.1 Å². The Morgan fingerprint density at radius 2 is 1.90 bits per heavy atom. The SMILES string of the molecule is CCC(CC(=O)CCCCc1ccc2c(n1)CCCC2)c1cccc(C(F)(F)F)c1. The second-order valence-corrected chi connectivity index (χ2v) is 8.29. The number of nitrogens with zero attached hydrogens (tertiary/aromatic N) is 1. The molecule has 5 heteroatoms. The average molecular weight is 418 g/mol. The van der Waals surface area contributed by atoms with Gasteiger partial charge in [-0.1, -0.05) is 31.2 Å². The molecule has 0 bridgehead atoms. The summed E-state index contributed by atoms with van der Waals surface area (Å²) in [6.07, 6.45) is 4.26. The Hall–Kier alpha value is -2.17. The number of unbranched alkanes of at least 4 members (excludes halogenated alkanes) is 1. The second kappa shape index (κ2) is 10.2. The number of benzene rings is 1. The first-order valence-electron chi connectivity index (χ1n) is 11.0. The summed E-state index contributed by atoms with van der Waals surface area (Å²) in [7, 11) is 0. The van der Waals surface area contributed by atoms with Crippen molar-refractivity contribution in [1.82, 2.24) is 4.98 Å². The smallest absolute Gasteiger partial charge is 0.300 e. The minimum Gasteiger partial charge on any atom is -0.300 e. The van der Waals surface area contributed by atoms with Crippen molar-refractivity contribution in [3.05, 3.63) is 64.5 Å². The molecule has 1 aliphatic carbocycles. The van der Waals surface area contributed by atoms with Gasteiger partial charge in [0.15, 0.2) is 0 Å². The number of Topliss-reactive ketones (excluding diaryl/α,β-unsaturated/α-hetero) is 1. The van der Waals surface area contributed by atoms with Crippen molar-refractivity contribution in [2.45, 2.75) is 83.2 Å². The highest BCUT2D eigenvalue weighted by atomic mass is 19.4. The predicted octanol–water partition coefficient (Wildman–Crippen LogP) is 6.85. The molecule has 162 valence electrons. The molecular formula is C25H30F3NO. The van der Waals surface area contributed by atoms with E-state index >= 15 is 0 Å². The lowest BCUT2D eigenvalue weighted by molar-refractivity contribution is -0.137. The first-order valence-corrected chi connectivity index (χ1v) is 11.0. The first-order chi connectivity index (χ1) is 14.4. The fourth-order valence-electron chi connectivity index (χ4n) is 4.24. The average Bonchev–Trinajstić information content (AvgIpc) is 2.74. The van der Waals surface area contributed by atoms with Crippen LogP contribution in [-0.2, 0) is 30.2 Å². The fourth-order valence-corrected chi connectivity index (χ4v) is 4.24. The highest BCUT2D eigenvalue weighted by Crippen LogP contribution is 2.33. The number of hydrogen-bond donors (Lipinski definition) is 0. The lowest BCUT2D eigenvalue weighted by Gasteiger charge is -2.17. The van der Waals surface area contributed by atoms with Crippen LogP contribution in [0.15, 0.2) is 36.4 Å². The summed E-state index contributed by atoms with van der Waals surface area (Å²) in [4.78, 5) is 17.2. The maximum Gasteiger partial charge on any atom is 0.416 e. The minimum absolute atomic E-state index is 0.123. The Morgan fingerprint density at radius 3 is 2.67 bits per heavy atom. The van der Waals surface area contributed by atoms with Crippen LogP contribution < -0.4 is 0 Å². The second-order valence-electron chi connectivity index (χ2n) is 8.29. The maximum absolute atomic E-state index is 13.0. The number of aryl methyl sites for hydroxylation is 3. The van der Waals surface area contributed by atoms with Gasteiger partial charge in [-0.15, -0.1) is 0 Å². The van der Waals surface area contributed by atoms with Gasteiger partial charge in [-0.25, -0.2) is 0 Å². The normalized spacial score (nSPS) is 14.9. The van der Waals surface area contributed by atoms with E-state index in [1.807, 2.05) is 6.92 Å². The van der Waals surface area contributed by atoms with Gasteiger partial charge in [0.2, 0.25) is 0 Å². The van der Waals surface area contributed by atoms with Gasteiger partial charge < -0.3 is 0 Å². The summed E-state index contributed by atoms with van der Waals surface area (Å²) >= 11 is 0. The molecule has 2 nitrogen and oxygen atoms in total. The number of aromatic nitrogens is 1. The van der Waals surface area contributed by atoms with Gasteiger partial charge in [0.25, 0.3) is 0 Å². The maximum atomic E-state index is 13.0. The van der Waals surface area contributed by atoms with E-state index in [9.17, 15) is 18.0 Å². The summed E-state index contributed by atoms with van der Waals surface area (Å²) in [6, 6.07) is 9.68. The molecule has 1 atom stereocenters. The molecule has 0 N–H and O–H groups in total. The van der Waals surface area contributed by atoms with E-state index in [-0.39, 0.29) is 11.7 Å². The van der Waals surface area contributed by atoms with E-state index in [0.717, 1.165) is 43.9 Å². The first kappa shape index (κ1) is 22.5. The van der Waals surface area contributed by atoms with Gasteiger partial charge in [0.05, 0.1) is 5.56 Å². The van der Waals surface area contributed by atoms with Crippen LogP contribution in [0.5, 0.6) is 0 Å². The molecule has 0 amide bonds. The fraction of sp³-hybridized carbons (Fsp3) is 0.520. The Bertz CT molecular complexity index is 860. The quantitative estimate of drug-likeness (QED) is 0.418. The Morgan fingerprint density at radius 1 is 1.10 bits per heavy atom. The minimum atomic E-state index is -4.36. The van der Waals surface area contributed by atoms with Crippen molar-refractivity contribution in [2.75, 3.05) is 0 Å². The zero-order valence-electron chi connectivity index (χ0n) is 17.6. The van der Waals surface area contributed by atoms with Crippen LogP contribution in [0.1, 0.15) is 85.9 Å². The molecule has 0 saturated carbocycles. The van der Waals surface area contributed by atoms with E-state index in [1.165, 1.54) is 36.2 Å². The zero-order valence-corrected chi connectivity index (χ0v) is 17.6. The van der Waals surface area contributed by atoms with Gasteiger partial charge in [-0.3, -0.25) is 9.78 Å². The largest absolute Gasteiger partial charge is 0.416 e. The van der Waals surface area contributed by atoms with E-state index in [1.54, 1.807) is 6.07 Å². The highest BCUT2D eigenvalue weighted by Gasteiger charge is 2.31. The third-order valence-electron chi connectivity index (χ3n) is 6.03. The summed E-state index contributed by atoms with van der Waals surface area (Å²) < 4.78 is 38.9. The number of ketones is 1. The van der Waals surface area contributed by atoms with Gasteiger partial charge in [-0.2, -0.15) is 13.2 Å². The Kier molecular flexibility index (Phi) is 7.68. The number of fused-ring (bicyclic) bond motifs is 1. The van der Waals surface area contributed by atoms with Gasteiger partial charge in [0, 0.05) is 24.2 Å². The number of carbonyl (C=O) groups excluding carboxylic acids is 1. The van der Waals surface area contributed by atoms with Crippen molar-refractivity contribution in [1.29, 1.82) is 0 Å². The molecule has 1 aromatic heterocycles. The molecule has 0 fully saturated rings. The van der Waals surface area contributed by atoms with Crippen LogP contribution in [0, 0.1) is 0 Å². The lowest BCUT2D eigenvalue weighted by Crippen LogP contribution is -2.10. The standard InChI is InChI=1S/C25H30F3NO/c1-2-18(20-9-7-10-21(16-20)25(26,27)28)17-23(30)12-5-4-11-22-15-14-19-8-3-6-13-24(19)29-22/h7,9-10,14-16,18H,2-6,8,11-13,17H2,1H3. The monoisotopic (exact) mass is 417 g/mol. The summed E-state index contributed by atoms with van der Waals surface area (Å²) in [5, 5.41) is 0. The number of hydrogen-bond acceptors (Lipinski definition) is 2. The van der Waals surface area contributed by atoms with Crippen molar-refractivity contribution in [3.63, 3.8) is 0 Å². The zero-order chi connectivity index (χ0) is 21.6. The number of alkyl halides is 3. The molecule has 0 spiro atoms. The number of carbonyl (C=O) groups is 1. The van der Waals surface area contributed by atoms with Gasteiger partial charge >= 0.3 is 6.18 Å². The van der Waals surface area contributed by atoms with Crippen molar-refractivity contribution >= 4 is 5.78 Å². The lowest BCUT2D eigenvalue weighted by atomic mass is 9.89. The molecule has 1 unspecified atom stereocenters. The molecule has 0 radical (unpaired) electrons. The molecule has 2 aromatic rings. The van der Waals surface area contributed by atoms with Crippen LogP contribution >= 0.6 is 0 Å². The molecular weight excluding hydrogens is 387 g/mol. The molecule has 3 rings (SSSR count). The molecule has 1 aromatic carbocycles. The highest BCUT2D eigenvalue weighted by molar-refractivity contribution is 5.79. The third-order valence-corrected chi connectivity index (χ3v) is 6.03. The van der Waals surface area contributed by atoms with Crippen LogP contribution in [0.3, 0.4) is 0 Å². The third kappa shape index (κ3) is 6.16. The molecule has 0 aliphatic heterocycles. The summed E-state index contributed by atoms with van der Waals surface area (Å²) in [5.41, 5.74) is 3.66. The Labute approximate surface area is 176 Å². The van der Waals surface area contributed by atoms with Crippen molar-refractivity contribution in [3.8, 4) is 0 Å². The number of rotatable bonds is 9. The van der Waals surface area contributed by atoms with E-state index < -0.39 is 11.7 Å². The van der Waals surface area contributed by atoms with Crippen LogP contribution in [0.25, 0.3) is 0 Å². The van der Waals surface area contributed by atoms with E-state index in [4.69, 9.17) is 4.98 Å². The van der Waals surface area contributed by atoms with Crippen LogP contribution in [0.2, 0.25) is 0 Å². The summed E-state index contributed by atoms with van der Waals surface area (Å²) in [5.74, 6) is -0.0419. The number of halogens is 3.